The van der Waals surface area contributed by atoms with E-state index in [2.05, 4.69) is 10.6 Å². The van der Waals surface area contributed by atoms with E-state index in [4.69, 9.17) is 4.74 Å². The van der Waals surface area contributed by atoms with Gasteiger partial charge in [0, 0.05) is 13.7 Å². The van der Waals surface area contributed by atoms with Gasteiger partial charge in [0.05, 0.1) is 12.1 Å². The van der Waals surface area contributed by atoms with Crippen molar-refractivity contribution in [2.45, 2.75) is 31.4 Å². The summed E-state index contributed by atoms with van der Waals surface area (Å²) in [6.45, 7) is 1.28. The Kier molecular flexibility index (Phi) is 5.49. The fourth-order valence-electron chi connectivity index (χ4n) is 2.41. The van der Waals surface area contributed by atoms with Crippen LogP contribution < -0.4 is 10.6 Å². The van der Waals surface area contributed by atoms with Gasteiger partial charge in [0.2, 0.25) is 5.91 Å². The van der Waals surface area contributed by atoms with Crippen molar-refractivity contribution in [1.29, 1.82) is 0 Å². The minimum absolute atomic E-state index is 0.00821. The van der Waals surface area contributed by atoms with Gasteiger partial charge < -0.3 is 15.4 Å². The highest BCUT2D eigenvalue weighted by atomic mass is 19.1. The number of ether oxygens (including phenoxy) is 1. The van der Waals surface area contributed by atoms with E-state index in [9.17, 15) is 9.18 Å². The Morgan fingerprint density at radius 2 is 2.20 bits per heavy atom. The maximum absolute atomic E-state index is 12.9. The Bertz CT molecular complexity index is 430. The minimum Gasteiger partial charge on any atom is -0.375 e. The lowest BCUT2D eigenvalue weighted by atomic mass is 10.0. The largest absolute Gasteiger partial charge is 0.375 e. The van der Waals surface area contributed by atoms with Gasteiger partial charge in [-0.25, -0.2) is 4.39 Å². The summed E-state index contributed by atoms with van der Waals surface area (Å²) in [7, 11) is 1.58. The molecule has 5 heteroatoms. The zero-order valence-corrected chi connectivity index (χ0v) is 11.7. The molecular formula is C15H21FN2O2. The first-order valence-corrected chi connectivity index (χ1v) is 7.00. The maximum atomic E-state index is 12.9. The molecule has 0 aliphatic carbocycles. The van der Waals surface area contributed by atoms with E-state index >= 15 is 0 Å². The molecule has 4 nitrogen and oxygen atoms in total. The molecule has 1 aliphatic heterocycles. The molecule has 0 bridgehead atoms. The van der Waals surface area contributed by atoms with E-state index in [1.54, 1.807) is 19.2 Å². The van der Waals surface area contributed by atoms with Crippen LogP contribution in [0.1, 0.15) is 30.9 Å². The van der Waals surface area contributed by atoms with Crippen LogP contribution in [-0.4, -0.2) is 32.1 Å². The van der Waals surface area contributed by atoms with Crippen molar-refractivity contribution in [1.82, 2.24) is 10.6 Å². The van der Waals surface area contributed by atoms with E-state index in [1.165, 1.54) is 12.1 Å². The third-order valence-corrected chi connectivity index (χ3v) is 3.61. The number of piperidine rings is 1. The van der Waals surface area contributed by atoms with Gasteiger partial charge in [-0.15, -0.1) is 0 Å². The zero-order chi connectivity index (χ0) is 14.4. The molecule has 1 aromatic rings. The third-order valence-electron chi connectivity index (χ3n) is 3.61. The van der Waals surface area contributed by atoms with Crippen LogP contribution in [0.5, 0.6) is 0 Å². The number of carbonyl (C=O) groups is 1. The molecule has 2 rings (SSSR count). The first-order valence-electron chi connectivity index (χ1n) is 7.00. The van der Waals surface area contributed by atoms with Gasteiger partial charge in [0.25, 0.3) is 0 Å². The molecule has 20 heavy (non-hydrogen) atoms. The topological polar surface area (TPSA) is 50.4 Å². The number of methoxy groups -OCH3 is 1. The summed E-state index contributed by atoms with van der Waals surface area (Å²) in [6, 6.07) is 6.04. The summed E-state index contributed by atoms with van der Waals surface area (Å²) in [5.41, 5.74) is 0.853. The lowest BCUT2D eigenvalue weighted by Crippen LogP contribution is -2.47. The molecule has 0 spiro atoms. The van der Waals surface area contributed by atoms with E-state index in [1.807, 2.05) is 0 Å². The molecule has 1 heterocycles. The molecule has 1 fully saturated rings. The second-order valence-corrected chi connectivity index (χ2v) is 5.02. The number of nitrogens with one attached hydrogen (secondary N) is 2. The summed E-state index contributed by atoms with van der Waals surface area (Å²) < 4.78 is 18.2. The summed E-state index contributed by atoms with van der Waals surface area (Å²) in [4.78, 5) is 12.0. The fraction of sp³-hybridized carbons (Fsp3) is 0.533. The van der Waals surface area contributed by atoms with Crippen molar-refractivity contribution in [2.75, 3.05) is 20.2 Å². The number of rotatable bonds is 5. The van der Waals surface area contributed by atoms with Crippen molar-refractivity contribution in [3.8, 4) is 0 Å². The molecule has 2 atom stereocenters. The first-order chi connectivity index (χ1) is 9.70. The van der Waals surface area contributed by atoms with Gasteiger partial charge in [0.1, 0.15) is 5.82 Å². The van der Waals surface area contributed by atoms with Crippen LogP contribution in [0.4, 0.5) is 4.39 Å². The second kappa shape index (κ2) is 7.36. The number of halogens is 1. The first kappa shape index (κ1) is 14.9. The van der Waals surface area contributed by atoms with E-state index in [-0.39, 0.29) is 23.9 Å². The monoisotopic (exact) mass is 280 g/mol. The average molecular weight is 280 g/mol. The highest BCUT2D eigenvalue weighted by Gasteiger charge is 2.21. The quantitative estimate of drug-likeness (QED) is 0.864. The summed E-state index contributed by atoms with van der Waals surface area (Å²) in [5.74, 6) is -0.270. The smallest absolute Gasteiger partial charge is 0.237 e. The Morgan fingerprint density at radius 3 is 2.80 bits per heavy atom. The van der Waals surface area contributed by atoms with Gasteiger partial charge in [-0.05, 0) is 37.1 Å². The molecule has 2 unspecified atom stereocenters. The Labute approximate surface area is 118 Å². The van der Waals surface area contributed by atoms with Crippen LogP contribution in [0.3, 0.4) is 0 Å². The molecular weight excluding hydrogens is 259 g/mol. The van der Waals surface area contributed by atoms with Crippen molar-refractivity contribution in [3.05, 3.63) is 35.6 Å². The SMILES string of the molecule is COC(CNC(=O)C1CCCCN1)c1ccc(F)cc1. The summed E-state index contributed by atoms with van der Waals surface area (Å²) in [6.07, 6.45) is 2.82. The lowest BCUT2D eigenvalue weighted by Gasteiger charge is -2.24. The number of hydrogen-bond acceptors (Lipinski definition) is 3. The van der Waals surface area contributed by atoms with E-state index in [0.717, 1.165) is 31.4 Å². The van der Waals surface area contributed by atoms with Crippen LogP contribution in [-0.2, 0) is 9.53 Å². The number of amides is 1. The molecule has 0 saturated carbocycles. The normalized spacial score (nSPS) is 20.4. The van der Waals surface area contributed by atoms with Crippen LogP contribution in [0.2, 0.25) is 0 Å². The standard InChI is InChI=1S/C15H21FN2O2/c1-20-14(11-5-7-12(16)8-6-11)10-18-15(19)13-4-2-3-9-17-13/h5-8,13-14,17H,2-4,9-10H2,1H3,(H,18,19). The van der Waals surface area contributed by atoms with E-state index in [0.29, 0.717) is 6.54 Å². The van der Waals surface area contributed by atoms with Gasteiger partial charge in [-0.2, -0.15) is 0 Å². The van der Waals surface area contributed by atoms with Gasteiger partial charge in [-0.3, -0.25) is 4.79 Å². The van der Waals surface area contributed by atoms with E-state index < -0.39 is 0 Å². The Balaban J connectivity index is 1.86. The second-order valence-electron chi connectivity index (χ2n) is 5.02. The maximum Gasteiger partial charge on any atom is 0.237 e. The van der Waals surface area contributed by atoms with Crippen LogP contribution in [0.25, 0.3) is 0 Å². The predicted octanol–water partition coefficient (Wildman–Crippen LogP) is 1.77. The van der Waals surface area contributed by atoms with Gasteiger partial charge in [-0.1, -0.05) is 18.6 Å². The Morgan fingerprint density at radius 1 is 1.45 bits per heavy atom. The van der Waals surface area contributed by atoms with Crippen LogP contribution >= 0.6 is 0 Å². The molecule has 0 aromatic heterocycles. The highest BCUT2D eigenvalue weighted by molar-refractivity contribution is 5.81. The van der Waals surface area contributed by atoms with Crippen molar-refractivity contribution >= 4 is 5.91 Å². The van der Waals surface area contributed by atoms with Gasteiger partial charge in [0.15, 0.2) is 0 Å². The fourth-order valence-corrected chi connectivity index (χ4v) is 2.41. The third kappa shape index (κ3) is 4.02. The Hall–Kier alpha value is -1.46. The van der Waals surface area contributed by atoms with Crippen LogP contribution in [0, 0.1) is 5.82 Å². The molecule has 2 N–H and O–H groups in total. The van der Waals surface area contributed by atoms with Crippen molar-refractivity contribution < 1.29 is 13.9 Å². The molecule has 0 radical (unpaired) electrons. The summed E-state index contributed by atoms with van der Waals surface area (Å²) in [5, 5.41) is 6.10. The molecule has 1 saturated heterocycles. The van der Waals surface area contributed by atoms with Crippen molar-refractivity contribution in [3.63, 3.8) is 0 Å². The average Bonchev–Trinajstić information content (AvgIpc) is 2.50. The molecule has 1 aromatic carbocycles. The molecule has 110 valence electrons. The summed E-state index contributed by atoms with van der Waals surface area (Å²) >= 11 is 0. The molecule has 1 aliphatic rings. The minimum atomic E-state index is -0.279. The zero-order valence-electron chi connectivity index (χ0n) is 11.7. The van der Waals surface area contributed by atoms with Crippen molar-refractivity contribution in [2.24, 2.45) is 0 Å². The van der Waals surface area contributed by atoms with Crippen LogP contribution in [0.15, 0.2) is 24.3 Å². The number of carbonyl (C=O) groups excluding carboxylic acids is 1. The van der Waals surface area contributed by atoms with Gasteiger partial charge >= 0.3 is 0 Å². The molecule has 1 amide bonds. The predicted molar refractivity (Wildman–Crippen MR) is 74.8 cm³/mol. The highest BCUT2D eigenvalue weighted by Crippen LogP contribution is 2.16. The number of benzene rings is 1. The number of hydrogen-bond donors (Lipinski definition) is 2. The lowest BCUT2D eigenvalue weighted by molar-refractivity contribution is -0.124.